The molecule has 4 rings (SSSR count). The van der Waals surface area contributed by atoms with Crippen LogP contribution in [0.25, 0.3) is 0 Å². The second-order valence-electron chi connectivity index (χ2n) is 8.76. The summed E-state index contributed by atoms with van der Waals surface area (Å²) >= 11 is 0. The fourth-order valence-electron chi connectivity index (χ4n) is 4.56. The maximum Gasteiger partial charge on any atom is 0.225 e. The summed E-state index contributed by atoms with van der Waals surface area (Å²) in [6, 6.07) is 8.85. The summed E-state index contributed by atoms with van der Waals surface area (Å²) in [5.74, 6) is 0.988. The minimum absolute atomic E-state index is 0.0199. The van der Waals surface area contributed by atoms with E-state index in [1.165, 1.54) is 37.1 Å². The zero-order valence-electron chi connectivity index (χ0n) is 18.5. The lowest BCUT2D eigenvalue weighted by Gasteiger charge is -2.19. The van der Waals surface area contributed by atoms with Crippen molar-refractivity contribution in [2.75, 3.05) is 36.0 Å². The van der Waals surface area contributed by atoms with Gasteiger partial charge >= 0.3 is 0 Å². The van der Waals surface area contributed by atoms with E-state index in [1.807, 2.05) is 0 Å². The van der Waals surface area contributed by atoms with Crippen LogP contribution in [0.5, 0.6) is 0 Å². The summed E-state index contributed by atoms with van der Waals surface area (Å²) in [4.78, 5) is 24.0. The van der Waals surface area contributed by atoms with Gasteiger partial charge in [0.1, 0.15) is 5.69 Å². The Morgan fingerprint density at radius 1 is 1.23 bits per heavy atom. The zero-order chi connectivity index (χ0) is 21.6. The second kappa shape index (κ2) is 10.1. The number of carbonyl (C=O) groups excluding carboxylic acids is 1. The third kappa shape index (κ3) is 5.53. The van der Waals surface area contributed by atoms with E-state index in [-0.39, 0.29) is 11.8 Å². The normalized spacial score (nSPS) is 19.0. The number of nitrogens with zero attached hydrogens (tertiary/aromatic N) is 3. The summed E-state index contributed by atoms with van der Waals surface area (Å²) < 4.78 is 0. The number of carbonyl (C=O) groups is 1. The van der Waals surface area contributed by atoms with E-state index in [9.17, 15) is 4.79 Å². The molecule has 0 aliphatic carbocycles. The number of nitrogens with two attached hydrogens (primary N) is 1. The zero-order valence-corrected chi connectivity index (χ0v) is 18.5. The summed E-state index contributed by atoms with van der Waals surface area (Å²) in [5.41, 5.74) is 10.3. The van der Waals surface area contributed by atoms with Crippen LogP contribution in [0, 0.1) is 0 Å². The molecule has 0 radical (unpaired) electrons. The van der Waals surface area contributed by atoms with Crippen molar-refractivity contribution in [3.63, 3.8) is 0 Å². The van der Waals surface area contributed by atoms with Crippen molar-refractivity contribution < 1.29 is 4.79 Å². The minimum Gasteiger partial charge on any atom is -0.382 e. The van der Waals surface area contributed by atoms with Gasteiger partial charge in [-0.2, -0.15) is 4.98 Å². The molecule has 3 heterocycles. The Kier molecular flexibility index (Phi) is 7.02. The summed E-state index contributed by atoms with van der Waals surface area (Å²) in [5, 5.41) is 6.22. The van der Waals surface area contributed by atoms with Crippen LogP contribution in [0.3, 0.4) is 0 Å². The molecule has 1 aromatic heterocycles. The lowest BCUT2D eigenvalue weighted by atomic mass is 9.91. The fourth-order valence-corrected chi connectivity index (χ4v) is 4.56. The maximum atomic E-state index is 12.3. The molecule has 1 amide bonds. The molecule has 2 aliphatic rings. The highest BCUT2D eigenvalue weighted by Gasteiger charge is 2.27. The van der Waals surface area contributed by atoms with Gasteiger partial charge in [-0.25, -0.2) is 4.98 Å². The third-order valence-corrected chi connectivity index (χ3v) is 6.23. The van der Waals surface area contributed by atoms with E-state index < -0.39 is 0 Å². The van der Waals surface area contributed by atoms with Crippen LogP contribution in [0.1, 0.15) is 68.2 Å². The van der Waals surface area contributed by atoms with Crippen molar-refractivity contribution in [3.8, 4) is 0 Å². The van der Waals surface area contributed by atoms with Crippen molar-refractivity contribution in [1.82, 2.24) is 14.9 Å². The molecule has 7 heteroatoms. The quantitative estimate of drug-likeness (QED) is 0.558. The lowest BCUT2D eigenvalue weighted by molar-refractivity contribution is -0.116. The van der Waals surface area contributed by atoms with Gasteiger partial charge in [-0.1, -0.05) is 37.6 Å². The van der Waals surface area contributed by atoms with Gasteiger partial charge in [0.2, 0.25) is 11.9 Å². The van der Waals surface area contributed by atoms with E-state index in [4.69, 9.17) is 10.7 Å². The van der Waals surface area contributed by atoms with Gasteiger partial charge in [0.15, 0.2) is 5.82 Å². The summed E-state index contributed by atoms with van der Waals surface area (Å²) in [7, 11) is 0. The molecule has 0 bridgehead atoms. The molecule has 1 aromatic carbocycles. The average Bonchev–Trinajstić information content (AvgIpc) is 3.20. The Labute approximate surface area is 184 Å². The number of benzene rings is 1. The lowest BCUT2D eigenvalue weighted by Crippen LogP contribution is -2.18. The van der Waals surface area contributed by atoms with Crippen molar-refractivity contribution in [2.45, 2.75) is 64.3 Å². The number of unbranched alkanes of at least 4 members (excludes halogenated alkanes) is 1. The first-order chi connectivity index (χ1) is 15.1. The minimum atomic E-state index is -0.0199. The fraction of sp³-hybridized carbons (Fsp3) is 0.542. The first-order valence-corrected chi connectivity index (χ1v) is 11.6. The molecule has 1 fully saturated rings. The van der Waals surface area contributed by atoms with Gasteiger partial charge in [-0.15, -0.1) is 0 Å². The standard InChI is InChI=1S/C24H34N6O/c1-2-3-11-26-24-28-21-19(9-10-20(31)27-22(21)23(25)29-24)15-17-7-6-8-18(14-17)16-30-12-4-5-13-30/h6-8,14,19H,2-5,9-13,15-16H2,1H3,(H,27,31)(H3,25,26,28,29). The van der Waals surface area contributed by atoms with E-state index in [2.05, 4.69) is 51.7 Å². The van der Waals surface area contributed by atoms with Gasteiger partial charge in [-0.05, 0) is 56.3 Å². The predicted octanol–water partition coefficient (Wildman–Crippen LogP) is 3.93. The Hall–Kier alpha value is -2.67. The number of nitrogens with one attached hydrogen (secondary N) is 2. The maximum absolute atomic E-state index is 12.3. The topological polar surface area (TPSA) is 96.2 Å². The Morgan fingerprint density at radius 3 is 2.84 bits per heavy atom. The van der Waals surface area contributed by atoms with E-state index in [0.29, 0.717) is 23.9 Å². The van der Waals surface area contributed by atoms with Crippen LogP contribution in [-0.2, 0) is 17.8 Å². The SMILES string of the molecule is CCCCNc1nc(N)c2c(n1)C(Cc1cccc(CN3CCCC3)c1)CCC(=O)N2. The van der Waals surface area contributed by atoms with E-state index in [1.54, 1.807) is 0 Å². The molecule has 31 heavy (non-hydrogen) atoms. The highest BCUT2D eigenvalue weighted by atomic mass is 16.1. The predicted molar refractivity (Wildman–Crippen MR) is 125 cm³/mol. The molecule has 4 N–H and O–H groups in total. The van der Waals surface area contributed by atoms with Crippen LogP contribution in [0.4, 0.5) is 17.5 Å². The van der Waals surface area contributed by atoms with Crippen molar-refractivity contribution in [1.29, 1.82) is 0 Å². The number of amides is 1. The molecular weight excluding hydrogens is 388 g/mol. The largest absolute Gasteiger partial charge is 0.382 e. The Morgan fingerprint density at radius 2 is 2.03 bits per heavy atom. The molecule has 2 aromatic rings. The summed E-state index contributed by atoms with van der Waals surface area (Å²) in [6.45, 7) is 6.35. The molecular formula is C24H34N6O. The first-order valence-electron chi connectivity index (χ1n) is 11.6. The van der Waals surface area contributed by atoms with Crippen molar-refractivity contribution in [3.05, 3.63) is 41.1 Å². The number of nitrogen functional groups attached to an aromatic ring is 1. The van der Waals surface area contributed by atoms with Gasteiger partial charge in [-0.3, -0.25) is 9.69 Å². The van der Waals surface area contributed by atoms with Gasteiger partial charge in [0, 0.05) is 25.4 Å². The number of fused-ring (bicyclic) bond motifs is 1. The number of likely N-dealkylation sites (tertiary alicyclic amines) is 1. The van der Waals surface area contributed by atoms with Crippen LogP contribution >= 0.6 is 0 Å². The first kappa shape index (κ1) is 21.6. The molecule has 1 saturated heterocycles. The molecule has 166 valence electrons. The highest BCUT2D eigenvalue weighted by molar-refractivity contribution is 5.95. The van der Waals surface area contributed by atoms with Gasteiger partial charge in [0.05, 0.1) is 5.69 Å². The van der Waals surface area contributed by atoms with Crippen LogP contribution in [-0.4, -0.2) is 40.4 Å². The van der Waals surface area contributed by atoms with Crippen molar-refractivity contribution >= 4 is 23.4 Å². The molecule has 0 saturated carbocycles. The second-order valence-corrected chi connectivity index (χ2v) is 8.76. The summed E-state index contributed by atoms with van der Waals surface area (Å²) in [6.07, 6.45) is 6.79. The molecule has 0 spiro atoms. The Balaban J connectivity index is 1.56. The molecule has 7 nitrogen and oxygen atoms in total. The molecule has 2 aliphatic heterocycles. The number of anilines is 3. The number of hydrogen-bond donors (Lipinski definition) is 3. The van der Waals surface area contributed by atoms with Crippen LogP contribution in [0.2, 0.25) is 0 Å². The number of hydrogen-bond acceptors (Lipinski definition) is 6. The van der Waals surface area contributed by atoms with Crippen LogP contribution < -0.4 is 16.4 Å². The monoisotopic (exact) mass is 422 g/mol. The average molecular weight is 423 g/mol. The smallest absolute Gasteiger partial charge is 0.225 e. The van der Waals surface area contributed by atoms with E-state index >= 15 is 0 Å². The number of aromatic nitrogens is 2. The van der Waals surface area contributed by atoms with Crippen molar-refractivity contribution in [2.24, 2.45) is 0 Å². The molecule has 1 unspecified atom stereocenters. The molecule has 1 atom stereocenters. The third-order valence-electron chi connectivity index (χ3n) is 6.23. The number of rotatable bonds is 8. The van der Waals surface area contributed by atoms with Gasteiger partial charge < -0.3 is 16.4 Å². The van der Waals surface area contributed by atoms with Gasteiger partial charge in [0.25, 0.3) is 0 Å². The van der Waals surface area contributed by atoms with E-state index in [0.717, 1.165) is 44.5 Å². The van der Waals surface area contributed by atoms with Crippen LogP contribution in [0.15, 0.2) is 24.3 Å². The Bertz CT molecular complexity index is 909. The highest BCUT2D eigenvalue weighted by Crippen LogP contribution is 2.36.